The fourth-order valence-electron chi connectivity index (χ4n) is 1.77. The smallest absolute Gasteiger partial charge is 0.0944 e. The molecule has 21 heavy (non-hydrogen) atoms. The van der Waals surface area contributed by atoms with Crippen LogP contribution in [0.4, 0.5) is 0 Å². The summed E-state index contributed by atoms with van der Waals surface area (Å²) in [5.41, 5.74) is 7.52. The number of hydrogen-bond acceptors (Lipinski definition) is 4. The Kier molecular flexibility index (Phi) is 5.88. The summed E-state index contributed by atoms with van der Waals surface area (Å²) in [5, 5.41) is 3.30. The van der Waals surface area contributed by atoms with E-state index in [1.807, 2.05) is 0 Å². The van der Waals surface area contributed by atoms with Crippen LogP contribution in [0.3, 0.4) is 0 Å². The number of hydrogen-bond donors (Lipinski definition) is 1. The highest BCUT2D eigenvalue weighted by Gasteiger charge is 2.18. The van der Waals surface area contributed by atoms with E-state index in [2.05, 4.69) is 66.3 Å². The third-order valence-corrected chi connectivity index (χ3v) is 5.63. The molecule has 2 nitrogen and oxygen atoms in total. The molecule has 5 heteroatoms. The van der Waals surface area contributed by atoms with E-state index < -0.39 is 0 Å². The molecule has 1 unspecified atom stereocenters. The molecule has 1 heterocycles. The van der Waals surface area contributed by atoms with Crippen LogP contribution >= 0.6 is 39.0 Å². The Morgan fingerprint density at radius 2 is 1.95 bits per heavy atom. The van der Waals surface area contributed by atoms with Gasteiger partial charge in [-0.25, -0.2) is 4.98 Å². The van der Waals surface area contributed by atoms with Gasteiger partial charge in [-0.3, -0.25) is 0 Å². The van der Waals surface area contributed by atoms with Gasteiger partial charge in [0.25, 0.3) is 0 Å². The second kappa shape index (κ2) is 7.27. The summed E-state index contributed by atoms with van der Waals surface area (Å²) in [6.07, 6.45) is 0.851. The van der Waals surface area contributed by atoms with Crippen molar-refractivity contribution >= 4 is 39.0 Å². The molecule has 0 saturated heterocycles. The fourth-order valence-corrected chi connectivity index (χ4v) is 4.00. The molecule has 1 aromatic heterocycles. The van der Waals surface area contributed by atoms with Gasteiger partial charge in [0.2, 0.25) is 0 Å². The number of benzene rings is 1. The van der Waals surface area contributed by atoms with Crippen LogP contribution < -0.4 is 5.73 Å². The minimum absolute atomic E-state index is 0.116. The normalized spacial score (nSPS) is 13.4. The number of nitrogens with two attached hydrogens (primary N) is 1. The first kappa shape index (κ1) is 17.0. The molecule has 2 N–H and O–H groups in total. The Balaban J connectivity index is 1.85. The van der Waals surface area contributed by atoms with E-state index in [1.165, 1.54) is 4.90 Å². The van der Waals surface area contributed by atoms with E-state index in [0.29, 0.717) is 0 Å². The van der Waals surface area contributed by atoms with Crippen LogP contribution in [0.15, 0.2) is 39.0 Å². The zero-order valence-electron chi connectivity index (χ0n) is 12.6. The summed E-state index contributed by atoms with van der Waals surface area (Å²) < 4.78 is 1.11. The van der Waals surface area contributed by atoms with E-state index in [9.17, 15) is 0 Å². The van der Waals surface area contributed by atoms with Crippen molar-refractivity contribution in [2.75, 3.05) is 5.75 Å². The maximum atomic E-state index is 6.24. The van der Waals surface area contributed by atoms with Crippen molar-refractivity contribution in [2.24, 2.45) is 5.73 Å². The summed E-state index contributed by atoms with van der Waals surface area (Å²) in [4.78, 5) is 5.96. The quantitative estimate of drug-likeness (QED) is 0.747. The number of rotatable bonds is 5. The van der Waals surface area contributed by atoms with Gasteiger partial charge in [0.05, 0.1) is 10.7 Å². The Bertz CT molecular complexity index is 573. The Morgan fingerprint density at radius 1 is 1.29 bits per heavy atom. The highest BCUT2D eigenvalue weighted by Crippen LogP contribution is 2.25. The van der Waals surface area contributed by atoms with Crippen molar-refractivity contribution in [1.29, 1.82) is 0 Å². The van der Waals surface area contributed by atoms with Crippen LogP contribution in [0.1, 0.15) is 31.5 Å². The van der Waals surface area contributed by atoms with Gasteiger partial charge in [-0.15, -0.1) is 23.1 Å². The van der Waals surface area contributed by atoms with Crippen molar-refractivity contribution in [2.45, 2.75) is 43.5 Å². The lowest BCUT2D eigenvalue weighted by Crippen LogP contribution is -2.25. The summed E-state index contributed by atoms with van der Waals surface area (Å²) >= 11 is 6.97. The molecule has 0 aliphatic heterocycles. The van der Waals surface area contributed by atoms with E-state index >= 15 is 0 Å². The van der Waals surface area contributed by atoms with Crippen LogP contribution in [-0.4, -0.2) is 16.8 Å². The monoisotopic (exact) mass is 384 g/mol. The molecule has 0 aliphatic carbocycles. The van der Waals surface area contributed by atoms with Crippen molar-refractivity contribution in [1.82, 2.24) is 4.98 Å². The third kappa shape index (κ3) is 5.40. The zero-order valence-corrected chi connectivity index (χ0v) is 15.8. The predicted molar refractivity (Wildman–Crippen MR) is 97.4 cm³/mol. The standard InChI is InChI=1S/C16H21BrN2S2/c1-16(2,3)14-10-21-15(19-14)8-12(18)9-20-13-6-4-11(17)5-7-13/h4-7,10,12H,8-9,18H2,1-3H3. The van der Waals surface area contributed by atoms with Crippen LogP contribution in [0.25, 0.3) is 0 Å². The van der Waals surface area contributed by atoms with Crippen molar-refractivity contribution in [3.8, 4) is 0 Å². The van der Waals surface area contributed by atoms with Gasteiger partial charge in [0.1, 0.15) is 0 Å². The summed E-state index contributed by atoms with van der Waals surface area (Å²) in [7, 11) is 0. The first-order valence-corrected chi connectivity index (χ1v) is 9.59. The molecule has 114 valence electrons. The van der Waals surface area contributed by atoms with Gasteiger partial charge in [0.15, 0.2) is 0 Å². The lowest BCUT2D eigenvalue weighted by Gasteiger charge is -2.14. The second-order valence-electron chi connectivity index (χ2n) is 6.11. The molecule has 0 amide bonds. The highest BCUT2D eigenvalue weighted by molar-refractivity contribution is 9.10. The Hall–Kier alpha value is -0.360. The van der Waals surface area contributed by atoms with Crippen LogP contribution in [0, 0.1) is 0 Å². The molecular formula is C16H21BrN2S2. The Morgan fingerprint density at radius 3 is 2.52 bits per heavy atom. The zero-order chi connectivity index (χ0) is 15.5. The van der Waals surface area contributed by atoms with Crippen LogP contribution in [-0.2, 0) is 11.8 Å². The molecule has 0 saturated carbocycles. The number of halogens is 1. The van der Waals surface area contributed by atoms with Gasteiger partial charge < -0.3 is 5.73 Å². The first-order valence-electron chi connectivity index (χ1n) is 6.93. The minimum atomic E-state index is 0.116. The molecular weight excluding hydrogens is 364 g/mol. The molecule has 0 fully saturated rings. The fraction of sp³-hybridized carbons (Fsp3) is 0.438. The predicted octanol–water partition coefficient (Wildman–Crippen LogP) is 4.87. The third-order valence-electron chi connectivity index (χ3n) is 3.03. The average Bonchev–Trinajstić information content (AvgIpc) is 2.86. The molecule has 1 aromatic carbocycles. The van der Waals surface area contributed by atoms with Crippen molar-refractivity contribution in [3.05, 3.63) is 44.8 Å². The van der Waals surface area contributed by atoms with Crippen molar-refractivity contribution in [3.63, 3.8) is 0 Å². The van der Waals surface area contributed by atoms with Gasteiger partial charge in [0, 0.05) is 38.4 Å². The lowest BCUT2D eigenvalue weighted by molar-refractivity contribution is 0.569. The van der Waals surface area contributed by atoms with Gasteiger partial charge in [-0.05, 0) is 24.3 Å². The number of aromatic nitrogens is 1. The Labute approximate surface area is 143 Å². The maximum absolute atomic E-state index is 6.24. The highest BCUT2D eigenvalue weighted by atomic mass is 79.9. The molecule has 0 bridgehead atoms. The number of thiazole rings is 1. The molecule has 2 aromatic rings. The topological polar surface area (TPSA) is 38.9 Å². The summed E-state index contributed by atoms with van der Waals surface area (Å²) in [6.45, 7) is 6.57. The van der Waals surface area contributed by atoms with E-state index in [1.54, 1.807) is 23.1 Å². The molecule has 0 radical (unpaired) electrons. The van der Waals surface area contributed by atoms with E-state index in [-0.39, 0.29) is 11.5 Å². The molecule has 1 atom stereocenters. The first-order chi connectivity index (χ1) is 9.84. The van der Waals surface area contributed by atoms with E-state index in [0.717, 1.165) is 27.3 Å². The second-order valence-corrected chi connectivity index (χ2v) is 9.06. The minimum Gasteiger partial charge on any atom is -0.327 e. The summed E-state index contributed by atoms with van der Waals surface area (Å²) in [5.74, 6) is 0.909. The number of thioether (sulfide) groups is 1. The maximum Gasteiger partial charge on any atom is 0.0944 e. The molecule has 2 rings (SSSR count). The van der Waals surface area contributed by atoms with Crippen LogP contribution in [0.2, 0.25) is 0 Å². The lowest BCUT2D eigenvalue weighted by atomic mass is 9.93. The summed E-state index contributed by atoms with van der Waals surface area (Å²) in [6, 6.07) is 8.48. The molecule has 0 spiro atoms. The van der Waals surface area contributed by atoms with Gasteiger partial charge >= 0.3 is 0 Å². The van der Waals surface area contributed by atoms with Crippen molar-refractivity contribution < 1.29 is 0 Å². The molecule has 0 aliphatic rings. The van der Waals surface area contributed by atoms with Gasteiger partial charge in [-0.2, -0.15) is 0 Å². The average molecular weight is 385 g/mol. The largest absolute Gasteiger partial charge is 0.327 e. The van der Waals surface area contributed by atoms with Gasteiger partial charge in [-0.1, -0.05) is 36.7 Å². The van der Waals surface area contributed by atoms with E-state index in [4.69, 9.17) is 10.7 Å². The van der Waals surface area contributed by atoms with Crippen LogP contribution in [0.5, 0.6) is 0 Å². The SMILES string of the molecule is CC(C)(C)c1csc(CC(N)CSc2ccc(Br)cc2)n1. The number of nitrogens with zero attached hydrogens (tertiary/aromatic N) is 1.